The number of fused-ring (bicyclic) bond motifs is 1. The van der Waals surface area contributed by atoms with Gasteiger partial charge in [-0.3, -0.25) is 0 Å². The molecule has 0 spiro atoms. The molecule has 3 aromatic rings. The highest BCUT2D eigenvalue weighted by molar-refractivity contribution is 6.34. The normalized spacial score (nSPS) is 14.9. The first-order valence-electron chi connectivity index (χ1n) is 6.97. The van der Waals surface area contributed by atoms with E-state index in [9.17, 15) is 0 Å². The molecule has 1 fully saturated rings. The Morgan fingerprint density at radius 2 is 1.90 bits per heavy atom. The van der Waals surface area contributed by atoms with E-state index in [1.807, 2.05) is 13.0 Å². The molecule has 0 amide bonds. The van der Waals surface area contributed by atoms with Gasteiger partial charge in [0.1, 0.15) is 5.82 Å². The predicted molar refractivity (Wildman–Crippen MR) is 83.3 cm³/mol. The number of halogens is 1. The second kappa shape index (κ2) is 4.35. The number of nitrogens with one attached hydrogen (secondary N) is 1. The molecule has 1 aliphatic rings. The highest BCUT2D eigenvalue weighted by Gasteiger charge is 2.23. The molecule has 4 rings (SSSR count). The van der Waals surface area contributed by atoms with E-state index in [1.165, 1.54) is 18.4 Å². The quantitative estimate of drug-likeness (QED) is 0.698. The number of hydrogen-bond acceptors (Lipinski definition) is 1. The highest BCUT2D eigenvalue weighted by atomic mass is 35.5. The number of nitrogens with zero attached hydrogens (tertiary/aromatic N) is 1. The van der Waals surface area contributed by atoms with Crippen LogP contribution in [0.5, 0.6) is 0 Å². The summed E-state index contributed by atoms with van der Waals surface area (Å²) in [5.74, 6) is 1.70. The Labute approximate surface area is 122 Å². The van der Waals surface area contributed by atoms with E-state index in [0.29, 0.717) is 0 Å². The summed E-state index contributed by atoms with van der Waals surface area (Å²) in [6, 6.07) is 12.8. The smallest absolute Gasteiger partial charge is 0.104 e. The number of imidazole rings is 1. The molecule has 20 heavy (non-hydrogen) atoms. The Kier molecular flexibility index (Phi) is 2.61. The van der Waals surface area contributed by atoms with Gasteiger partial charge in [0.05, 0.1) is 16.1 Å². The zero-order chi connectivity index (χ0) is 13.7. The SMILES string of the molecule is Cc1nc2cc(-c3ccc(C4CC4)cc3)c(Cl)cc2[nH]1. The summed E-state index contributed by atoms with van der Waals surface area (Å²) in [4.78, 5) is 7.70. The van der Waals surface area contributed by atoms with E-state index < -0.39 is 0 Å². The van der Waals surface area contributed by atoms with Crippen molar-refractivity contribution in [2.45, 2.75) is 25.7 Å². The van der Waals surface area contributed by atoms with Gasteiger partial charge >= 0.3 is 0 Å². The lowest BCUT2D eigenvalue weighted by Gasteiger charge is -2.06. The van der Waals surface area contributed by atoms with Gasteiger partial charge in [-0.2, -0.15) is 0 Å². The number of hydrogen-bond donors (Lipinski definition) is 1. The molecular weight excluding hydrogens is 268 g/mol. The van der Waals surface area contributed by atoms with E-state index in [4.69, 9.17) is 11.6 Å². The third-order valence-electron chi connectivity index (χ3n) is 3.96. The fourth-order valence-electron chi connectivity index (χ4n) is 2.73. The summed E-state index contributed by atoms with van der Waals surface area (Å²) in [7, 11) is 0. The van der Waals surface area contributed by atoms with Gasteiger partial charge in [0.15, 0.2) is 0 Å². The van der Waals surface area contributed by atoms with Gasteiger partial charge in [-0.15, -0.1) is 0 Å². The fourth-order valence-corrected chi connectivity index (χ4v) is 3.00. The number of aromatic amines is 1. The van der Waals surface area contributed by atoms with Crippen molar-refractivity contribution in [2.75, 3.05) is 0 Å². The van der Waals surface area contributed by atoms with Gasteiger partial charge in [0, 0.05) is 5.56 Å². The van der Waals surface area contributed by atoms with Crippen molar-refractivity contribution in [3.63, 3.8) is 0 Å². The molecule has 0 bridgehead atoms. The molecule has 0 unspecified atom stereocenters. The molecule has 2 aromatic carbocycles. The molecule has 2 nitrogen and oxygen atoms in total. The van der Waals surface area contributed by atoms with Crippen LogP contribution in [0.25, 0.3) is 22.2 Å². The summed E-state index contributed by atoms with van der Waals surface area (Å²) >= 11 is 6.41. The van der Waals surface area contributed by atoms with Crippen molar-refractivity contribution in [2.24, 2.45) is 0 Å². The largest absolute Gasteiger partial charge is 0.342 e. The minimum absolute atomic E-state index is 0.764. The third-order valence-corrected chi connectivity index (χ3v) is 4.27. The van der Waals surface area contributed by atoms with Crippen molar-refractivity contribution < 1.29 is 0 Å². The van der Waals surface area contributed by atoms with Crippen molar-refractivity contribution in [3.05, 3.63) is 52.8 Å². The van der Waals surface area contributed by atoms with Crippen LogP contribution in [0.1, 0.15) is 30.1 Å². The first-order valence-corrected chi connectivity index (χ1v) is 7.35. The van der Waals surface area contributed by atoms with Crippen LogP contribution in [0.4, 0.5) is 0 Å². The minimum atomic E-state index is 0.764. The Morgan fingerprint density at radius 1 is 1.15 bits per heavy atom. The van der Waals surface area contributed by atoms with Gasteiger partial charge < -0.3 is 4.98 Å². The zero-order valence-electron chi connectivity index (χ0n) is 11.3. The van der Waals surface area contributed by atoms with E-state index >= 15 is 0 Å². The monoisotopic (exact) mass is 282 g/mol. The average Bonchev–Trinajstić information content (AvgIpc) is 3.21. The molecule has 0 radical (unpaired) electrons. The Hall–Kier alpha value is -1.80. The number of benzene rings is 2. The third kappa shape index (κ3) is 2.01. The van der Waals surface area contributed by atoms with Crippen molar-refractivity contribution >= 4 is 22.6 Å². The predicted octanol–water partition coefficient (Wildman–Crippen LogP) is 5.07. The van der Waals surface area contributed by atoms with Crippen molar-refractivity contribution in [3.8, 4) is 11.1 Å². The minimum Gasteiger partial charge on any atom is -0.342 e. The Balaban J connectivity index is 1.81. The molecular formula is C17H15ClN2. The molecule has 1 N–H and O–H groups in total. The second-order valence-electron chi connectivity index (χ2n) is 5.57. The maximum absolute atomic E-state index is 6.41. The molecule has 1 aromatic heterocycles. The van der Waals surface area contributed by atoms with Gasteiger partial charge in [-0.1, -0.05) is 35.9 Å². The number of H-pyrrole nitrogens is 1. The summed E-state index contributed by atoms with van der Waals surface area (Å²) in [6.07, 6.45) is 2.66. The lowest BCUT2D eigenvalue weighted by molar-refractivity contribution is 1.13. The summed E-state index contributed by atoms with van der Waals surface area (Å²) < 4.78 is 0. The van der Waals surface area contributed by atoms with Gasteiger partial charge in [0.2, 0.25) is 0 Å². The Bertz CT molecular complexity index is 783. The zero-order valence-corrected chi connectivity index (χ0v) is 12.0. The average molecular weight is 283 g/mol. The van der Waals surface area contributed by atoms with Crippen molar-refractivity contribution in [1.29, 1.82) is 0 Å². The molecule has 0 saturated heterocycles. The van der Waals surface area contributed by atoms with Crippen LogP contribution in [0.15, 0.2) is 36.4 Å². The lowest BCUT2D eigenvalue weighted by Crippen LogP contribution is -1.83. The number of aryl methyl sites for hydroxylation is 1. The maximum Gasteiger partial charge on any atom is 0.104 e. The molecule has 100 valence electrons. The van der Waals surface area contributed by atoms with E-state index in [1.54, 1.807) is 0 Å². The standard InChI is InChI=1S/C17H15ClN2/c1-10-19-16-8-14(15(18)9-17(16)20-10)13-6-4-12(5-7-13)11-2-3-11/h4-9,11H,2-3H2,1H3,(H,19,20). The van der Waals surface area contributed by atoms with Crippen LogP contribution in [0.2, 0.25) is 5.02 Å². The lowest BCUT2D eigenvalue weighted by atomic mass is 10.0. The molecule has 3 heteroatoms. The molecule has 1 saturated carbocycles. The summed E-state index contributed by atoms with van der Waals surface area (Å²) in [5, 5.41) is 0.764. The molecule has 0 atom stereocenters. The summed E-state index contributed by atoms with van der Waals surface area (Å²) in [6.45, 7) is 1.96. The van der Waals surface area contributed by atoms with Gasteiger partial charge in [-0.05, 0) is 48.9 Å². The highest BCUT2D eigenvalue weighted by Crippen LogP contribution is 2.41. The molecule has 1 heterocycles. The van der Waals surface area contributed by atoms with E-state index in [2.05, 4.69) is 40.3 Å². The van der Waals surface area contributed by atoms with Crippen LogP contribution in [-0.4, -0.2) is 9.97 Å². The second-order valence-corrected chi connectivity index (χ2v) is 5.97. The molecule has 1 aliphatic carbocycles. The molecule has 0 aliphatic heterocycles. The van der Waals surface area contributed by atoms with Crippen LogP contribution in [-0.2, 0) is 0 Å². The first kappa shape index (κ1) is 12.0. The van der Waals surface area contributed by atoms with Crippen LogP contribution < -0.4 is 0 Å². The van der Waals surface area contributed by atoms with Crippen LogP contribution >= 0.6 is 11.6 Å². The van der Waals surface area contributed by atoms with E-state index in [0.717, 1.165) is 38.9 Å². The van der Waals surface area contributed by atoms with Gasteiger partial charge in [-0.25, -0.2) is 4.98 Å². The topological polar surface area (TPSA) is 28.7 Å². The number of aromatic nitrogens is 2. The number of rotatable bonds is 2. The van der Waals surface area contributed by atoms with Crippen molar-refractivity contribution in [1.82, 2.24) is 9.97 Å². The maximum atomic E-state index is 6.41. The van der Waals surface area contributed by atoms with Gasteiger partial charge in [0.25, 0.3) is 0 Å². The first-order chi connectivity index (χ1) is 9.70. The Morgan fingerprint density at radius 3 is 2.60 bits per heavy atom. The van der Waals surface area contributed by atoms with E-state index in [-0.39, 0.29) is 0 Å². The fraction of sp³-hybridized carbons (Fsp3) is 0.235. The summed E-state index contributed by atoms with van der Waals surface area (Å²) in [5.41, 5.74) is 5.61. The van der Waals surface area contributed by atoms with Crippen LogP contribution in [0.3, 0.4) is 0 Å². The van der Waals surface area contributed by atoms with Crippen LogP contribution in [0, 0.1) is 6.92 Å².